The van der Waals surface area contributed by atoms with Gasteiger partial charge >= 0.3 is 0 Å². The molecule has 0 fully saturated rings. The second-order valence-electron chi connectivity index (χ2n) is 8.47. The number of hydrogen-bond acceptors (Lipinski definition) is 5. The number of rotatable bonds is 12. The molecule has 6 heteroatoms. The average Bonchev–Trinajstić information content (AvgIpc) is 3.54. The van der Waals surface area contributed by atoms with Crippen LogP contribution < -0.4 is 0 Å². The number of halogens is 1. The highest BCUT2D eigenvalue weighted by Crippen LogP contribution is 2.41. The van der Waals surface area contributed by atoms with Crippen LogP contribution in [-0.4, -0.2) is 8.75 Å². The van der Waals surface area contributed by atoms with Crippen molar-refractivity contribution in [3.63, 3.8) is 0 Å². The average molecular weight is 548 g/mol. The summed E-state index contributed by atoms with van der Waals surface area (Å²) in [6.07, 6.45) is 12.7. The van der Waals surface area contributed by atoms with E-state index in [0.29, 0.717) is 0 Å². The first-order chi connectivity index (χ1) is 15.7. The SMILES string of the molecule is CCCCCCc1csc(-c2ccc(-c3cc(CCCCCC)c(Br)s3)c3nsnc23)c1. The van der Waals surface area contributed by atoms with E-state index in [1.807, 2.05) is 22.7 Å². The number of unbranched alkanes of at least 4 members (excludes halogenated alkanes) is 6. The van der Waals surface area contributed by atoms with Gasteiger partial charge in [0.1, 0.15) is 11.0 Å². The smallest absolute Gasteiger partial charge is 0.114 e. The minimum absolute atomic E-state index is 1.04. The molecule has 0 aliphatic carbocycles. The highest BCUT2D eigenvalue weighted by molar-refractivity contribution is 9.11. The molecule has 0 atom stereocenters. The Morgan fingerprint density at radius 1 is 0.781 bits per heavy atom. The molecule has 0 saturated heterocycles. The van der Waals surface area contributed by atoms with Crippen LogP contribution in [0.15, 0.2) is 33.4 Å². The number of aromatic nitrogens is 2. The summed E-state index contributed by atoms with van der Waals surface area (Å²) in [7, 11) is 0. The summed E-state index contributed by atoms with van der Waals surface area (Å²) >= 11 is 8.80. The lowest BCUT2D eigenvalue weighted by Gasteiger charge is -2.03. The van der Waals surface area contributed by atoms with E-state index in [4.69, 9.17) is 8.75 Å². The first kappa shape index (κ1) is 24.1. The van der Waals surface area contributed by atoms with Crippen LogP contribution in [0, 0.1) is 0 Å². The van der Waals surface area contributed by atoms with Crippen LogP contribution in [0.25, 0.3) is 31.9 Å². The van der Waals surface area contributed by atoms with Crippen molar-refractivity contribution in [1.82, 2.24) is 8.75 Å². The Bertz CT molecular complexity index is 1140. The zero-order valence-corrected chi connectivity index (χ0v) is 23.0. The molecule has 2 nitrogen and oxygen atoms in total. The third kappa shape index (κ3) is 5.69. The zero-order valence-electron chi connectivity index (χ0n) is 19.0. The maximum absolute atomic E-state index is 4.71. The second kappa shape index (κ2) is 11.9. The molecule has 4 rings (SSSR count). The fourth-order valence-corrected chi connectivity index (χ4v) is 7.47. The second-order valence-corrected chi connectivity index (χ2v) is 12.3. The van der Waals surface area contributed by atoms with E-state index in [1.165, 1.54) is 105 Å². The van der Waals surface area contributed by atoms with Crippen molar-refractivity contribution < 1.29 is 0 Å². The first-order valence-electron chi connectivity index (χ1n) is 11.8. The normalized spacial score (nSPS) is 11.6. The van der Waals surface area contributed by atoms with Crippen LogP contribution in [0.3, 0.4) is 0 Å². The van der Waals surface area contributed by atoms with Gasteiger partial charge in [0.25, 0.3) is 0 Å². The molecule has 1 aromatic carbocycles. The molecule has 0 aliphatic heterocycles. The molecule has 3 heterocycles. The van der Waals surface area contributed by atoms with E-state index < -0.39 is 0 Å². The minimum atomic E-state index is 1.04. The maximum atomic E-state index is 4.71. The summed E-state index contributed by atoms with van der Waals surface area (Å²) in [5.41, 5.74) is 7.39. The molecular formula is C26H31BrN2S3. The molecule has 0 amide bonds. The van der Waals surface area contributed by atoms with Crippen molar-refractivity contribution in [2.45, 2.75) is 78.1 Å². The summed E-state index contributed by atoms with van der Waals surface area (Å²) < 4.78 is 10.7. The van der Waals surface area contributed by atoms with Gasteiger partial charge in [-0.05, 0) is 70.3 Å². The van der Waals surface area contributed by atoms with E-state index in [2.05, 4.69) is 59.4 Å². The lowest BCUT2D eigenvalue weighted by Crippen LogP contribution is -1.85. The quantitative estimate of drug-likeness (QED) is 0.165. The lowest BCUT2D eigenvalue weighted by atomic mass is 10.0. The zero-order chi connectivity index (χ0) is 22.3. The number of fused-ring (bicyclic) bond motifs is 1. The molecule has 4 aromatic rings. The fraction of sp³-hybridized carbons (Fsp3) is 0.462. The molecule has 32 heavy (non-hydrogen) atoms. The maximum Gasteiger partial charge on any atom is 0.114 e. The third-order valence-corrected chi connectivity index (χ3v) is 9.51. The van der Waals surface area contributed by atoms with Gasteiger partial charge in [0.2, 0.25) is 0 Å². The van der Waals surface area contributed by atoms with Gasteiger partial charge < -0.3 is 0 Å². The number of benzene rings is 1. The Balaban J connectivity index is 1.55. The van der Waals surface area contributed by atoms with Crippen molar-refractivity contribution in [1.29, 1.82) is 0 Å². The van der Waals surface area contributed by atoms with Crippen molar-refractivity contribution >= 4 is 61.4 Å². The van der Waals surface area contributed by atoms with Gasteiger partial charge in [0, 0.05) is 20.9 Å². The summed E-state index contributed by atoms with van der Waals surface area (Å²) in [6, 6.07) is 9.22. The van der Waals surface area contributed by atoms with Crippen molar-refractivity contribution in [3.05, 3.63) is 44.6 Å². The topological polar surface area (TPSA) is 25.8 Å². The summed E-state index contributed by atoms with van der Waals surface area (Å²) in [4.78, 5) is 2.60. The largest absolute Gasteiger partial charge is 0.172 e. The number of nitrogens with zero attached hydrogens (tertiary/aromatic N) is 2. The molecule has 0 saturated carbocycles. The molecule has 0 spiro atoms. The highest BCUT2D eigenvalue weighted by atomic mass is 79.9. The van der Waals surface area contributed by atoms with Gasteiger partial charge in [-0.2, -0.15) is 8.75 Å². The van der Waals surface area contributed by atoms with Crippen LogP contribution in [-0.2, 0) is 12.8 Å². The fourth-order valence-electron chi connectivity index (χ4n) is 4.12. The van der Waals surface area contributed by atoms with Crippen molar-refractivity contribution in [2.75, 3.05) is 0 Å². The van der Waals surface area contributed by atoms with E-state index in [9.17, 15) is 0 Å². The van der Waals surface area contributed by atoms with Crippen LogP contribution in [0.2, 0.25) is 0 Å². The Morgan fingerprint density at radius 3 is 2.12 bits per heavy atom. The highest BCUT2D eigenvalue weighted by Gasteiger charge is 2.17. The first-order valence-corrected chi connectivity index (χ1v) is 15.0. The number of aryl methyl sites for hydroxylation is 2. The van der Waals surface area contributed by atoms with Crippen LogP contribution in [0.1, 0.15) is 76.3 Å². The predicted octanol–water partition coefficient (Wildman–Crippen LogP) is 10.2. The number of thiophene rings is 2. The Morgan fingerprint density at radius 2 is 1.44 bits per heavy atom. The van der Waals surface area contributed by atoms with Crippen molar-refractivity contribution in [2.24, 2.45) is 0 Å². The molecule has 0 N–H and O–H groups in total. The Labute approximate surface area is 212 Å². The minimum Gasteiger partial charge on any atom is -0.172 e. The van der Waals surface area contributed by atoms with Gasteiger partial charge in [-0.1, -0.05) is 64.5 Å². The lowest BCUT2D eigenvalue weighted by molar-refractivity contribution is 0.667. The summed E-state index contributed by atoms with van der Waals surface area (Å²) in [5.74, 6) is 0. The Hall–Kier alpha value is -1.08. The molecule has 0 radical (unpaired) electrons. The standard InChI is InChI=1S/C26H31BrN2S3/c1-3-5-7-9-11-18-15-22(30-17-18)20-13-14-21(25-24(20)28-32-29-25)23-16-19(26(27)31-23)12-10-8-6-4-2/h13-17H,3-12H2,1-2H3. The van der Waals surface area contributed by atoms with E-state index in [-0.39, 0.29) is 0 Å². The molecule has 0 unspecified atom stereocenters. The van der Waals surface area contributed by atoms with Gasteiger partial charge in [-0.25, -0.2) is 0 Å². The van der Waals surface area contributed by atoms with Gasteiger partial charge in [-0.3, -0.25) is 0 Å². The molecular weight excluding hydrogens is 516 g/mol. The Kier molecular flexibility index (Phi) is 8.92. The third-order valence-electron chi connectivity index (χ3n) is 5.98. The molecule has 3 aromatic heterocycles. The molecule has 170 valence electrons. The van der Waals surface area contributed by atoms with Crippen LogP contribution in [0.4, 0.5) is 0 Å². The van der Waals surface area contributed by atoms with Crippen molar-refractivity contribution in [3.8, 4) is 20.9 Å². The van der Waals surface area contributed by atoms with Crippen LogP contribution in [0.5, 0.6) is 0 Å². The summed E-state index contributed by atoms with van der Waals surface area (Å²) in [6.45, 7) is 4.53. The predicted molar refractivity (Wildman–Crippen MR) is 147 cm³/mol. The molecule has 0 aliphatic rings. The van der Waals surface area contributed by atoms with E-state index in [1.54, 1.807) is 0 Å². The monoisotopic (exact) mass is 546 g/mol. The van der Waals surface area contributed by atoms with Gasteiger partial charge in [0.05, 0.1) is 15.5 Å². The number of hydrogen-bond donors (Lipinski definition) is 0. The van der Waals surface area contributed by atoms with Crippen LogP contribution >= 0.6 is 50.3 Å². The van der Waals surface area contributed by atoms with Gasteiger partial charge in [-0.15, -0.1) is 22.7 Å². The summed E-state index contributed by atoms with van der Waals surface area (Å²) in [5, 5.41) is 2.32. The van der Waals surface area contributed by atoms with E-state index >= 15 is 0 Å². The molecule has 0 bridgehead atoms. The van der Waals surface area contributed by atoms with E-state index in [0.717, 1.165) is 17.5 Å². The van der Waals surface area contributed by atoms with Gasteiger partial charge in [0.15, 0.2) is 0 Å².